The SMILES string of the molecule is C=C/C=C(\c1nc(-c2n[nH]c3cnc(-c4cn[nH]c4)cc23)[nH]c1C)N1CCN(C)CC1.CC.Cc1cn(-c2ccnc3nc(-c4n[nH]c5cnc(-c6cnccn6)cc45)[nH]c23)cn1. The van der Waals surface area contributed by atoms with Crippen LogP contribution in [0.1, 0.15) is 30.9 Å². The number of imidazole rings is 3. The van der Waals surface area contributed by atoms with E-state index < -0.39 is 0 Å². The molecule has 19 nitrogen and oxygen atoms in total. The molecule has 0 atom stereocenters. The van der Waals surface area contributed by atoms with E-state index in [1.807, 2.05) is 75.0 Å². The van der Waals surface area contributed by atoms with Crippen molar-refractivity contribution in [3.05, 3.63) is 116 Å². The predicted molar refractivity (Wildman–Crippen MR) is 242 cm³/mol. The zero-order valence-electron chi connectivity index (χ0n) is 35.5. The molecular weight excluding hydrogens is 795 g/mol. The van der Waals surface area contributed by atoms with Gasteiger partial charge >= 0.3 is 0 Å². The lowest BCUT2D eigenvalue weighted by atomic mass is 10.1. The summed E-state index contributed by atoms with van der Waals surface area (Å²) < 4.78 is 1.94. The van der Waals surface area contributed by atoms with Gasteiger partial charge < -0.3 is 24.3 Å². The zero-order valence-corrected chi connectivity index (χ0v) is 35.5. The second-order valence-electron chi connectivity index (χ2n) is 14.6. The van der Waals surface area contributed by atoms with Crippen molar-refractivity contribution in [2.24, 2.45) is 0 Å². The van der Waals surface area contributed by atoms with Gasteiger partial charge in [0.2, 0.25) is 0 Å². The molecule has 19 heteroatoms. The molecular formula is C44H45N19. The Kier molecular flexibility index (Phi) is 11.1. The summed E-state index contributed by atoms with van der Waals surface area (Å²) in [5.74, 6) is 1.34. The van der Waals surface area contributed by atoms with Gasteiger partial charge in [0.25, 0.3) is 0 Å². The normalized spacial score (nSPS) is 13.3. The number of likely N-dealkylation sites (N-methyl/N-ethyl adjacent to an activating group) is 1. The van der Waals surface area contributed by atoms with Crippen LogP contribution in [-0.4, -0.2) is 128 Å². The first kappa shape index (κ1) is 40.2. The first-order chi connectivity index (χ1) is 30.9. The largest absolute Gasteiger partial charge is 0.367 e. The Balaban J connectivity index is 0.000000154. The Morgan fingerprint density at radius 3 is 2.16 bits per heavy atom. The molecule has 0 saturated carbocycles. The maximum absolute atomic E-state index is 4.96. The number of allylic oxidation sites excluding steroid dienone is 2. The van der Waals surface area contributed by atoms with Crippen molar-refractivity contribution in [2.45, 2.75) is 27.7 Å². The first-order valence-corrected chi connectivity index (χ1v) is 20.5. The summed E-state index contributed by atoms with van der Waals surface area (Å²) in [6.07, 6.45) is 21.4. The van der Waals surface area contributed by atoms with Crippen LogP contribution in [0.3, 0.4) is 0 Å². The number of piperazine rings is 1. The summed E-state index contributed by atoms with van der Waals surface area (Å²) in [6.45, 7) is 15.9. The summed E-state index contributed by atoms with van der Waals surface area (Å²) in [6, 6.07) is 5.86. The Bertz CT molecular complexity index is 3170. The fourth-order valence-corrected chi connectivity index (χ4v) is 7.41. The van der Waals surface area contributed by atoms with Gasteiger partial charge in [0, 0.05) is 79.2 Å². The highest BCUT2D eigenvalue weighted by Crippen LogP contribution is 2.32. The van der Waals surface area contributed by atoms with E-state index in [4.69, 9.17) is 4.98 Å². The summed E-state index contributed by atoms with van der Waals surface area (Å²) >= 11 is 0. The van der Waals surface area contributed by atoms with Gasteiger partial charge in [-0.1, -0.05) is 26.5 Å². The molecule has 0 unspecified atom stereocenters. The fraction of sp³-hybridized carbons (Fsp3) is 0.205. The van der Waals surface area contributed by atoms with E-state index in [2.05, 4.69) is 98.9 Å². The number of aryl methyl sites for hydroxylation is 2. The van der Waals surface area contributed by atoms with E-state index in [9.17, 15) is 0 Å². The van der Waals surface area contributed by atoms with Crippen LogP contribution in [-0.2, 0) is 0 Å². The molecule has 11 rings (SSSR count). The second-order valence-corrected chi connectivity index (χ2v) is 14.6. The van der Waals surface area contributed by atoms with E-state index in [0.717, 1.165) is 105 Å². The Hall–Kier alpha value is -8.19. The van der Waals surface area contributed by atoms with Crippen molar-refractivity contribution in [1.82, 2.24) is 94.8 Å². The number of hydrogen-bond acceptors (Lipinski definition) is 13. The van der Waals surface area contributed by atoms with Crippen LogP contribution in [0.4, 0.5) is 0 Å². The molecule has 63 heavy (non-hydrogen) atoms. The lowest BCUT2D eigenvalue weighted by Gasteiger charge is -2.35. The molecule has 1 fully saturated rings. The molecule has 1 saturated heterocycles. The number of nitrogens with zero attached hydrogens (tertiary/aromatic N) is 14. The lowest BCUT2D eigenvalue weighted by molar-refractivity contribution is 0.207. The molecule has 11 heterocycles. The van der Waals surface area contributed by atoms with Crippen molar-refractivity contribution in [3.63, 3.8) is 0 Å². The van der Waals surface area contributed by atoms with Crippen LogP contribution in [0.2, 0.25) is 0 Å². The Morgan fingerprint density at radius 1 is 0.762 bits per heavy atom. The molecule has 0 spiro atoms. The molecule has 0 amide bonds. The molecule has 5 N–H and O–H groups in total. The molecule has 316 valence electrons. The Morgan fingerprint density at radius 2 is 1.49 bits per heavy atom. The second kappa shape index (κ2) is 17.4. The van der Waals surface area contributed by atoms with Crippen molar-refractivity contribution >= 4 is 38.7 Å². The third kappa shape index (κ3) is 7.95. The third-order valence-electron chi connectivity index (χ3n) is 10.6. The highest BCUT2D eigenvalue weighted by Gasteiger charge is 2.23. The van der Waals surface area contributed by atoms with Crippen LogP contribution < -0.4 is 0 Å². The number of aromatic nitrogens is 17. The first-order valence-electron chi connectivity index (χ1n) is 20.5. The number of rotatable bonds is 8. The average Bonchev–Trinajstić information content (AvgIpc) is 4.19. The van der Waals surface area contributed by atoms with E-state index >= 15 is 0 Å². The number of pyridine rings is 3. The van der Waals surface area contributed by atoms with E-state index in [1.54, 1.807) is 49.7 Å². The average molecular weight is 840 g/mol. The van der Waals surface area contributed by atoms with Gasteiger partial charge in [0.15, 0.2) is 17.3 Å². The van der Waals surface area contributed by atoms with Gasteiger partial charge in [-0.15, -0.1) is 0 Å². The maximum atomic E-state index is 4.96. The quantitative estimate of drug-likeness (QED) is 0.100. The van der Waals surface area contributed by atoms with Gasteiger partial charge in [-0.3, -0.25) is 35.2 Å². The van der Waals surface area contributed by atoms with Gasteiger partial charge in [0.05, 0.1) is 70.6 Å². The minimum Gasteiger partial charge on any atom is -0.367 e. The number of fused-ring (bicyclic) bond motifs is 3. The highest BCUT2D eigenvalue weighted by molar-refractivity contribution is 5.95. The molecule has 1 aliphatic rings. The van der Waals surface area contributed by atoms with Gasteiger partial charge in [-0.25, -0.2) is 19.9 Å². The van der Waals surface area contributed by atoms with Crippen molar-refractivity contribution in [2.75, 3.05) is 33.2 Å². The zero-order chi connectivity index (χ0) is 43.5. The van der Waals surface area contributed by atoms with E-state index in [1.165, 1.54) is 0 Å². The summed E-state index contributed by atoms with van der Waals surface area (Å²) in [5.41, 5.74) is 12.6. The van der Waals surface area contributed by atoms with Gasteiger partial charge in [0.1, 0.15) is 28.3 Å². The van der Waals surface area contributed by atoms with Crippen molar-refractivity contribution in [3.8, 4) is 51.4 Å². The van der Waals surface area contributed by atoms with Crippen LogP contribution >= 0.6 is 0 Å². The number of hydrogen-bond donors (Lipinski definition) is 5. The molecule has 0 bridgehead atoms. The molecule has 10 aromatic heterocycles. The Labute approximate surface area is 360 Å². The predicted octanol–water partition coefficient (Wildman–Crippen LogP) is 6.69. The summed E-state index contributed by atoms with van der Waals surface area (Å²) in [5, 5.41) is 23.8. The molecule has 0 radical (unpaired) electrons. The minimum atomic E-state index is 0.605. The number of aromatic amines is 5. The maximum Gasteiger partial charge on any atom is 0.180 e. The van der Waals surface area contributed by atoms with Crippen LogP contribution in [0.5, 0.6) is 0 Å². The molecule has 0 aromatic carbocycles. The highest BCUT2D eigenvalue weighted by atomic mass is 15.3. The topological polar surface area (TPSA) is 232 Å². The van der Waals surface area contributed by atoms with Crippen LogP contribution in [0, 0.1) is 13.8 Å². The van der Waals surface area contributed by atoms with Crippen LogP contribution in [0.25, 0.3) is 90.0 Å². The summed E-state index contributed by atoms with van der Waals surface area (Å²) in [4.78, 5) is 47.3. The third-order valence-corrected chi connectivity index (χ3v) is 10.6. The number of H-pyrrole nitrogens is 5. The molecule has 10 aromatic rings. The smallest absolute Gasteiger partial charge is 0.180 e. The molecule has 0 aliphatic carbocycles. The van der Waals surface area contributed by atoms with Gasteiger partial charge in [-0.2, -0.15) is 15.3 Å². The fourth-order valence-electron chi connectivity index (χ4n) is 7.41. The monoisotopic (exact) mass is 839 g/mol. The lowest BCUT2D eigenvalue weighted by Crippen LogP contribution is -2.43. The van der Waals surface area contributed by atoms with Crippen molar-refractivity contribution < 1.29 is 0 Å². The van der Waals surface area contributed by atoms with Crippen molar-refractivity contribution in [1.29, 1.82) is 0 Å². The summed E-state index contributed by atoms with van der Waals surface area (Å²) in [7, 11) is 2.15. The standard InChI is InChI=1S/C22H25N9.C20H14N10.C2H6/c1-4-5-19(31-8-6-30(3)7-9-31)20-14(2)26-22(27-20)21-16-10-17(15-11-24-25-12-15)23-13-18(16)28-29-21;1-11-9-30(10-25-11)16-2-3-23-19-18(16)26-20(27-19)17-12-6-13(15-7-21-4-5-22-15)24-8-14(12)28-29-17;1-2/h4-5,10-13H,1,6-9H2,2-3H3,(H,24,25)(H,26,27)(H,28,29);2-10H,1H3,(H,28,29)(H,23,26,27);1-2H3/b19-5+;;. The molecule has 1 aliphatic heterocycles. The minimum absolute atomic E-state index is 0.605. The number of nitrogens with one attached hydrogen (secondary N) is 5. The van der Waals surface area contributed by atoms with Gasteiger partial charge in [-0.05, 0) is 45.2 Å². The van der Waals surface area contributed by atoms with Crippen LogP contribution in [0.15, 0.2) is 99.0 Å². The van der Waals surface area contributed by atoms with E-state index in [0.29, 0.717) is 28.6 Å². The van der Waals surface area contributed by atoms with E-state index in [-0.39, 0.29) is 0 Å².